The van der Waals surface area contributed by atoms with Crippen molar-refractivity contribution in [2.24, 2.45) is 0 Å². The first kappa shape index (κ1) is 15.0. The Hall–Kier alpha value is -1.40. The molecule has 2 N–H and O–H groups in total. The number of anilines is 1. The largest absolute Gasteiger partial charge is 0.324 e. The van der Waals surface area contributed by atoms with E-state index >= 15 is 0 Å². The highest BCUT2D eigenvalue weighted by molar-refractivity contribution is 7.91. The summed E-state index contributed by atoms with van der Waals surface area (Å²) in [4.78, 5) is 11.9. The molecule has 1 fully saturated rings. The third kappa shape index (κ3) is 3.80. The van der Waals surface area contributed by atoms with Crippen LogP contribution in [0.3, 0.4) is 0 Å². The number of hydrogen-bond donors (Lipinski definition) is 2. The Balaban J connectivity index is 1.87. The predicted octanol–water partition coefficient (Wildman–Crippen LogP) is 1.02. The van der Waals surface area contributed by atoms with Gasteiger partial charge in [-0.15, -0.1) is 0 Å². The lowest BCUT2D eigenvalue weighted by atomic mass is 10.1. The van der Waals surface area contributed by atoms with Crippen molar-refractivity contribution in [2.45, 2.75) is 26.3 Å². The SMILES string of the molecule is Cc1cccc(C)c1NC(=O)CNC1CCS(=O)(=O)C1. The van der Waals surface area contributed by atoms with Gasteiger partial charge in [0.1, 0.15) is 0 Å². The van der Waals surface area contributed by atoms with E-state index in [9.17, 15) is 13.2 Å². The summed E-state index contributed by atoms with van der Waals surface area (Å²) >= 11 is 0. The van der Waals surface area contributed by atoms with Crippen LogP contribution < -0.4 is 10.6 Å². The zero-order chi connectivity index (χ0) is 14.8. The van der Waals surface area contributed by atoms with Crippen LogP contribution in [0.2, 0.25) is 0 Å². The maximum absolute atomic E-state index is 11.9. The van der Waals surface area contributed by atoms with Gasteiger partial charge >= 0.3 is 0 Å². The number of nitrogens with one attached hydrogen (secondary N) is 2. The lowest BCUT2D eigenvalue weighted by Gasteiger charge is -2.13. The molecule has 1 aromatic carbocycles. The quantitative estimate of drug-likeness (QED) is 0.870. The molecule has 1 heterocycles. The molecule has 0 aromatic heterocycles. The van der Waals surface area contributed by atoms with Gasteiger partial charge in [-0.1, -0.05) is 18.2 Å². The molecule has 1 atom stereocenters. The topological polar surface area (TPSA) is 75.3 Å². The van der Waals surface area contributed by atoms with Gasteiger partial charge in [-0.3, -0.25) is 4.79 Å². The maximum atomic E-state index is 11.9. The summed E-state index contributed by atoms with van der Waals surface area (Å²) in [6, 6.07) is 5.73. The number of aryl methyl sites for hydroxylation is 2. The van der Waals surface area contributed by atoms with Crippen molar-refractivity contribution in [1.82, 2.24) is 5.32 Å². The number of benzene rings is 1. The molecule has 1 aromatic rings. The number of sulfone groups is 1. The minimum absolute atomic E-state index is 0.108. The molecule has 5 nitrogen and oxygen atoms in total. The van der Waals surface area contributed by atoms with E-state index < -0.39 is 9.84 Å². The van der Waals surface area contributed by atoms with Crippen molar-refractivity contribution in [3.05, 3.63) is 29.3 Å². The van der Waals surface area contributed by atoms with Gasteiger partial charge in [-0.05, 0) is 31.4 Å². The maximum Gasteiger partial charge on any atom is 0.238 e. The lowest BCUT2D eigenvalue weighted by Crippen LogP contribution is -2.37. The molecular weight excluding hydrogens is 276 g/mol. The molecule has 0 saturated carbocycles. The Morgan fingerprint density at radius 2 is 1.95 bits per heavy atom. The van der Waals surface area contributed by atoms with Crippen LogP contribution in [0.1, 0.15) is 17.5 Å². The zero-order valence-electron chi connectivity index (χ0n) is 11.8. The summed E-state index contributed by atoms with van der Waals surface area (Å²) in [5, 5.41) is 5.88. The fourth-order valence-corrected chi connectivity index (χ4v) is 4.10. The first-order chi connectivity index (χ1) is 9.37. The Bertz CT molecular complexity index is 591. The number of carbonyl (C=O) groups is 1. The van der Waals surface area contributed by atoms with Gasteiger partial charge in [0.15, 0.2) is 9.84 Å². The van der Waals surface area contributed by atoms with Gasteiger partial charge in [0.25, 0.3) is 0 Å². The average molecular weight is 296 g/mol. The van der Waals surface area contributed by atoms with Crippen molar-refractivity contribution >= 4 is 21.4 Å². The number of rotatable bonds is 4. The zero-order valence-corrected chi connectivity index (χ0v) is 12.6. The second kappa shape index (κ2) is 5.93. The van der Waals surface area contributed by atoms with E-state index in [0.29, 0.717) is 6.42 Å². The van der Waals surface area contributed by atoms with Crippen LogP contribution in [0.4, 0.5) is 5.69 Å². The summed E-state index contributed by atoms with van der Waals surface area (Å²) < 4.78 is 22.7. The smallest absolute Gasteiger partial charge is 0.238 e. The van der Waals surface area contributed by atoms with E-state index in [0.717, 1.165) is 16.8 Å². The summed E-state index contributed by atoms with van der Waals surface area (Å²) in [5.41, 5.74) is 2.86. The van der Waals surface area contributed by atoms with Gasteiger partial charge in [-0.2, -0.15) is 0 Å². The Kier molecular flexibility index (Phi) is 4.45. The van der Waals surface area contributed by atoms with Gasteiger partial charge in [0.05, 0.1) is 18.1 Å². The molecule has 6 heteroatoms. The predicted molar refractivity (Wildman–Crippen MR) is 79.6 cm³/mol. The lowest BCUT2D eigenvalue weighted by molar-refractivity contribution is -0.115. The molecule has 1 aliphatic heterocycles. The summed E-state index contributed by atoms with van der Waals surface area (Å²) in [5.74, 6) is 0.194. The van der Waals surface area contributed by atoms with Crippen LogP contribution in [0.25, 0.3) is 0 Å². The van der Waals surface area contributed by atoms with Gasteiger partial charge in [0, 0.05) is 11.7 Å². The van der Waals surface area contributed by atoms with E-state index in [2.05, 4.69) is 10.6 Å². The minimum Gasteiger partial charge on any atom is -0.324 e. The van der Waals surface area contributed by atoms with Crippen molar-refractivity contribution in [2.75, 3.05) is 23.4 Å². The Morgan fingerprint density at radius 1 is 1.30 bits per heavy atom. The fraction of sp³-hybridized carbons (Fsp3) is 0.500. The minimum atomic E-state index is -2.91. The monoisotopic (exact) mass is 296 g/mol. The van der Waals surface area contributed by atoms with Crippen LogP contribution in [0.15, 0.2) is 18.2 Å². The van der Waals surface area contributed by atoms with Gasteiger partial charge in [-0.25, -0.2) is 8.42 Å². The Labute approximate surface area is 119 Å². The molecule has 0 spiro atoms. The normalized spacial score (nSPS) is 20.8. The van der Waals surface area contributed by atoms with E-state index in [-0.39, 0.29) is 30.0 Å². The van der Waals surface area contributed by atoms with Crippen LogP contribution in [0, 0.1) is 13.8 Å². The standard InChI is InChI=1S/C14H20N2O3S/c1-10-4-3-5-11(2)14(10)16-13(17)8-15-12-6-7-20(18,19)9-12/h3-5,12,15H,6-9H2,1-2H3,(H,16,17). The van der Waals surface area contributed by atoms with Crippen molar-refractivity contribution in [3.63, 3.8) is 0 Å². The summed E-state index contributed by atoms with van der Waals surface area (Å²) in [7, 11) is -2.91. The van der Waals surface area contributed by atoms with Crippen LogP contribution >= 0.6 is 0 Å². The number of para-hydroxylation sites is 1. The molecule has 0 aliphatic carbocycles. The molecule has 1 amide bonds. The van der Waals surface area contributed by atoms with E-state index in [1.807, 2.05) is 32.0 Å². The second-order valence-electron chi connectivity index (χ2n) is 5.30. The third-order valence-electron chi connectivity index (χ3n) is 3.53. The highest BCUT2D eigenvalue weighted by Crippen LogP contribution is 2.19. The van der Waals surface area contributed by atoms with Crippen LogP contribution in [0.5, 0.6) is 0 Å². The molecule has 20 heavy (non-hydrogen) atoms. The van der Waals surface area contributed by atoms with Crippen molar-refractivity contribution < 1.29 is 13.2 Å². The molecule has 0 radical (unpaired) electrons. The number of hydrogen-bond acceptors (Lipinski definition) is 4. The van der Waals surface area contributed by atoms with Crippen LogP contribution in [-0.2, 0) is 14.6 Å². The average Bonchev–Trinajstić information content (AvgIpc) is 2.71. The van der Waals surface area contributed by atoms with E-state index in [1.54, 1.807) is 0 Å². The molecule has 110 valence electrons. The molecular formula is C14H20N2O3S. The first-order valence-corrected chi connectivity index (χ1v) is 8.49. The summed E-state index contributed by atoms with van der Waals surface area (Å²) in [6.07, 6.45) is 0.582. The first-order valence-electron chi connectivity index (χ1n) is 6.67. The number of carbonyl (C=O) groups excluding carboxylic acids is 1. The van der Waals surface area contributed by atoms with Crippen molar-refractivity contribution in [3.8, 4) is 0 Å². The molecule has 0 bridgehead atoms. The molecule has 1 unspecified atom stereocenters. The van der Waals surface area contributed by atoms with Gasteiger partial charge < -0.3 is 10.6 Å². The van der Waals surface area contributed by atoms with E-state index in [4.69, 9.17) is 0 Å². The molecule has 1 aliphatic rings. The highest BCUT2D eigenvalue weighted by atomic mass is 32.2. The van der Waals surface area contributed by atoms with E-state index in [1.165, 1.54) is 0 Å². The molecule has 1 saturated heterocycles. The Morgan fingerprint density at radius 3 is 2.50 bits per heavy atom. The fourth-order valence-electron chi connectivity index (χ4n) is 2.39. The van der Waals surface area contributed by atoms with Gasteiger partial charge in [0.2, 0.25) is 5.91 Å². The van der Waals surface area contributed by atoms with Crippen molar-refractivity contribution in [1.29, 1.82) is 0 Å². The summed E-state index contributed by atoms with van der Waals surface area (Å²) in [6.45, 7) is 4.02. The highest BCUT2D eigenvalue weighted by Gasteiger charge is 2.27. The second-order valence-corrected chi connectivity index (χ2v) is 7.52. The third-order valence-corrected chi connectivity index (χ3v) is 5.30. The number of amides is 1. The molecule has 2 rings (SSSR count). The van der Waals surface area contributed by atoms with Crippen LogP contribution in [-0.4, -0.2) is 38.4 Å².